The van der Waals surface area contributed by atoms with Crippen molar-refractivity contribution in [1.29, 1.82) is 0 Å². The smallest absolute Gasteiger partial charge is 0.254 e. The Labute approximate surface area is 175 Å². The summed E-state index contributed by atoms with van der Waals surface area (Å²) in [6.45, 7) is 3.58. The second kappa shape index (κ2) is 7.64. The zero-order valence-corrected chi connectivity index (χ0v) is 16.8. The number of amides is 1. The molecule has 0 bridgehead atoms. The van der Waals surface area contributed by atoms with Crippen molar-refractivity contribution < 1.29 is 9.53 Å². The fourth-order valence-corrected chi connectivity index (χ4v) is 3.94. The average molecular weight is 394 g/mol. The van der Waals surface area contributed by atoms with Crippen molar-refractivity contribution in [3.63, 3.8) is 0 Å². The number of para-hydroxylation sites is 1. The van der Waals surface area contributed by atoms with E-state index < -0.39 is 0 Å². The molecule has 0 radical (unpaired) electrons. The van der Waals surface area contributed by atoms with Gasteiger partial charge in [0.1, 0.15) is 12.4 Å². The van der Waals surface area contributed by atoms with Gasteiger partial charge in [0.2, 0.25) is 0 Å². The van der Waals surface area contributed by atoms with Crippen LogP contribution in [0.5, 0.6) is 5.75 Å². The van der Waals surface area contributed by atoms with Crippen LogP contribution < -0.4 is 4.74 Å². The van der Waals surface area contributed by atoms with Gasteiger partial charge in [0.15, 0.2) is 0 Å². The van der Waals surface area contributed by atoms with Gasteiger partial charge in [-0.3, -0.25) is 9.78 Å². The van der Waals surface area contributed by atoms with Crippen LogP contribution in [-0.4, -0.2) is 28.9 Å². The summed E-state index contributed by atoms with van der Waals surface area (Å²) >= 11 is 0. The van der Waals surface area contributed by atoms with Gasteiger partial charge in [-0.15, -0.1) is 0 Å². The molecule has 4 aromatic rings. The molecule has 2 heterocycles. The second-order valence-corrected chi connectivity index (χ2v) is 7.68. The monoisotopic (exact) mass is 394 g/mol. The number of nitrogens with zero attached hydrogens (tertiary/aromatic N) is 2. The first kappa shape index (κ1) is 18.4. The van der Waals surface area contributed by atoms with Crippen LogP contribution in [-0.2, 0) is 6.54 Å². The Morgan fingerprint density at radius 3 is 2.77 bits per heavy atom. The molecule has 1 amide bonds. The Morgan fingerprint density at radius 1 is 0.967 bits per heavy atom. The molecule has 0 N–H and O–H groups in total. The van der Waals surface area contributed by atoms with E-state index in [2.05, 4.69) is 29.2 Å². The molecule has 4 nitrogen and oxygen atoms in total. The van der Waals surface area contributed by atoms with Crippen LogP contribution in [0.4, 0.5) is 0 Å². The highest BCUT2D eigenvalue weighted by atomic mass is 16.5. The molecule has 0 aliphatic carbocycles. The van der Waals surface area contributed by atoms with Crippen molar-refractivity contribution in [2.45, 2.75) is 13.5 Å². The summed E-state index contributed by atoms with van der Waals surface area (Å²) < 4.78 is 5.94. The first-order valence-electron chi connectivity index (χ1n) is 10.1. The number of aryl methyl sites for hydroxylation is 1. The number of fused-ring (bicyclic) bond motifs is 2. The number of carbonyl (C=O) groups excluding carboxylic acids is 1. The van der Waals surface area contributed by atoms with Gasteiger partial charge in [-0.1, -0.05) is 42.0 Å². The highest BCUT2D eigenvalue weighted by Crippen LogP contribution is 2.30. The summed E-state index contributed by atoms with van der Waals surface area (Å²) in [5.74, 6) is 0.875. The van der Waals surface area contributed by atoms with Crippen LogP contribution in [0.25, 0.3) is 22.0 Å². The third-order valence-electron chi connectivity index (χ3n) is 5.52. The van der Waals surface area contributed by atoms with Crippen molar-refractivity contribution in [3.05, 3.63) is 95.7 Å². The molecule has 148 valence electrons. The molecule has 1 aliphatic rings. The van der Waals surface area contributed by atoms with Crippen LogP contribution in [0.3, 0.4) is 0 Å². The maximum absolute atomic E-state index is 13.1. The number of benzene rings is 3. The maximum Gasteiger partial charge on any atom is 0.254 e. The van der Waals surface area contributed by atoms with E-state index in [0.29, 0.717) is 25.3 Å². The van der Waals surface area contributed by atoms with Crippen molar-refractivity contribution in [2.24, 2.45) is 0 Å². The Bertz CT molecular complexity index is 1250. The molecule has 0 fully saturated rings. The maximum atomic E-state index is 13.1. The molecule has 0 saturated heterocycles. The van der Waals surface area contributed by atoms with E-state index in [0.717, 1.165) is 38.9 Å². The minimum atomic E-state index is 0.0351. The molecule has 1 aliphatic heterocycles. The lowest BCUT2D eigenvalue weighted by Gasteiger charge is -2.20. The second-order valence-electron chi connectivity index (χ2n) is 7.68. The lowest BCUT2D eigenvalue weighted by atomic mass is 10.0. The number of rotatable bonds is 2. The number of hydrogen-bond acceptors (Lipinski definition) is 3. The number of pyridine rings is 1. The summed E-state index contributed by atoms with van der Waals surface area (Å²) in [5.41, 5.74) is 5.91. The van der Waals surface area contributed by atoms with Gasteiger partial charge in [-0.05, 0) is 48.9 Å². The average Bonchev–Trinajstić information content (AvgIpc) is 3.00. The van der Waals surface area contributed by atoms with Crippen LogP contribution >= 0.6 is 0 Å². The van der Waals surface area contributed by atoms with E-state index in [9.17, 15) is 4.79 Å². The van der Waals surface area contributed by atoms with Crippen LogP contribution in [0.2, 0.25) is 0 Å². The first-order valence-corrected chi connectivity index (χ1v) is 10.1. The predicted octanol–water partition coefficient (Wildman–Crippen LogP) is 5.25. The summed E-state index contributed by atoms with van der Waals surface area (Å²) in [4.78, 5) is 19.5. The molecule has 30 heavy (non-hydrogen) atoms. The van der Waals surface area contributed by atoms with Gasteiger partial charge in [0, 0.05) is 34.8 Å². The van der Waals surface area contributed by atoms with Crippen LogP contribution in [0.15, 0.2) is 79.0 Å². The van der Waals surface area contributed by atoms with E-state index >= 15 is 0 Å². The largest absolute Gasteiger partial charge is 0.491 e. The molecule has 1 aromatic heterocycles. The minimum absolute atomic E-state index is 0.0351. The minimum Gasteiger partial charge on any atom is -0.491 e. The molecule has 3 aromatic carbocycles. The lowest BCUT2D eigenvalue weighted by molar-refractivity contribution is 0.0733. The van der Waals surface area contributed by atoms with Crippen molar-refractivity contribution in [1.82, 2.24) is 9.88 Å². The van der Waals surface area contributed by atoms with Gasteiger partial charge in [-0.2, -0.15) is 0 Å². The molecule has 5 rings (SSSR count). The molecule has 0 spiro atoms. The highest BCUT2D eigenvalue weighted by Gasteiger charge is 2.21. The van der Waals surface area contributed by atoms with E-state index in [4.69, 9.17) is 4.74 Å². The summed E-state index contributed by atoms with van der Waals surface area (Å²) in [5, 5.41) is 1.11. The Balaban J connectivity index is 1.47. The SMILES string of the molecule is Cc1cccc(C(=O)N2CCOc3ccc(-c4cnc5ccccc5c4)cc3C2)c1. The van der Waals surface area contributed by atoms with Crippen LogP contribution in [0.1, 0.15) is 21.5 Å². The molecular weight excluding hydrogens is 372 g/mol. The molecule has 4 heteroatoms. The quantitative estimate of drug-likeness (QED) is 0.467. The fraction of sp³-hybridized carbons (Fsp3) is 0.154. The standard InChI is InChI=1S/C26H22N2O2/c1-18-5-4-7-21(13-18)26(29)28-11-12-30-25-10-9-19(14-23(25)17-28)22-15-20-6-2-3-8-24(20)27-16-22/h2-10,13-16H,11-12,17H2,1H3. The molecule has 0 saturated carbocycles. The van der Waals surface area contributed by atoms with Gasteiger partial charge >= 0.3 is 0 Å². The molecular formula is C26H22N2O2. The van der Waals surface area contributed by atoms with E-state index in [1.54, 1.807) is 0 Å². The number of ether oxygens (including phenoxy) is 1. The zero-order chi connectivity index (χ0) is 20.5. The normalized spacial score (nSPS) is 13.4. The van der Waals surface area contributed by atoms with E-state index in [-0.39, 0.29) is 5.91 Å². The van der Waals surface area contributed by atoms with Gasteiger partial charge in [0.25, 0.3) is 5.91 Å². The Hall–Kier alpha value is -3.66. The number of carbonyl (C=O) groups is 1. The summed E-state index contributed by atoms with van der Waals surface area (Å²) in [7, 11) is 0. The van der Waals surface area contributed by atoms with Crippen molar-refractivity contribution >= 4 is 16.8 Å². The molecule has 0 unspecified atom stereocenters. The summed E-state index contributed by atoms with van der Waals surface area (Å²) in [6, 6.07) is 24.2. The van der Waals surface area contributed by atoms with E-state index in [1.807, 2.05) is 66.6 Å². The lowest BCUT2D eigenvalue weighted by Crippen LogP contribution is -2.32. The van der Waals surface area contributed by atoms with Gasteiger partial charge in [-0.25, -0.2) is 0 Å². The highest BCUT2D eigenvalue weighted by molar-refractivity contribution is 5.94. The Kier molecular flexibility index (Phi) is 4.68. The fourth-order valence-electron chi connectivity index (χ4n) is 3.94. The third kappa shape index (κ3) is 3.52. The summed E-state index contributed by atoms with van der Waals surface area (Å²) in [6.07, 6.45) is 1.90. The predicted molar refractivity (Wildman–Crippen MR) is 119 cm³/mol. The zero-order valence-electron chi connectivity index (χ0n) is 16.8. The number of aromatic nitrogens is 1. The van der Waals surface area contributed by atoms with Crippen LogP contribution in [0, 0.1) is 6.92 Å². The molecule has 0 atom stereocenters. The van der Waals surface area contributed by atoms with Gasteiger partial charge < -0.3 is 9.64 Å². The van der Waals surface area contributed by atoms with Crippen molar-refractivity contribution in [3.8, 4) is 16.9 Å². The number of hydrogen-bond donors (Lipinski definition) is 0. The topological polar surface area (TPSA) is 42.4 Å². The Morgan fingerprint density at radius 2 is 1.87 bits per heavy atom. The first-order chi connectivity index (χ1) is 14.7. The van der Waals surface area contributed by atoms with Gasteiger partial charge in [0.05, 0.1) is 12.1 Å². The van der Waals surface area contributed by atoms with Crippen molar-refractivity contribution in [2.75, 3.05) is 13.2 Å². The third-order valence-corrected chi connectivity index (χ3v) is 5.52. The van der Waals surface area contributed by atoms with E-state index in [1.165, 1.54) is 0 Å².